The number of piperidine rings is 1. The van der Waals surface area contributed by atoms with E-state index in [1.807, 2.05) is 6.07 Å². The molecule has 1 amide bonds. The quantitative estimate of drug-likeness (QED) is 0.865. The summed E-state index contributed by atoms with van der Waals surface area (Å²) in [5.41, 5.74) is 1.41. The fourth-order valence-electron chi connectivity index (χ4n) is 2.76. The molecule has 2 N–H and O–H groups in total. The SMILES string of the molecule is CC(C)(CNC(=O)C1CCCNC1)Cc1ccccc1. The molecule has 0 spiro atoms. The van der Waals surface area contributed by atoms with Crippen molar-refractivity contribution >= 4 is 5.91 Å². The lowest BCUT2D eigenvalue weighted by atomic mass is 9.85. The van der Waals surface area contributed by atoms with Crippen molar-refractivity contribution in [2.75, 3.05) is 19.6 Å². The van der Waals surface area contributed by atoms with Crippen molar-refractivity contribution < 1.29 is 4.79 Å². The van der Waals surface area contributed by atoms with E-state index in [-0.39, 0.29) is 17.2 Å². The van der Waals surface area contributed by atoms with Gasteiger partial charge in [-0.15, -0.1) is 0 Å². The van der Waals surface area contributed by atoms with Gasteiger partial charge in [0.25, 0.3) is 0 Å². The van der Waals surface area contributed by atoms with Crippen LogP contribution in [0.2, 0.25) is 0 Å². The summed E-state index contributed by atoms with van der Waals surface area (Å²) in [5, 5.41) is 6.43. The summed E-state index contributed by atoms with van der Waals surface area (Å²) in [7, 11) is 0. The Morgan fingerprint density at radius 2 is 2.10 bits per heavy atom. The molecule has 1 atom stereocenters. The van der Waals surface area contributed by atoms with Crippen molar-refractivity contribution in [1.82, 2.24) is 10.6 Å². The van der Waals surface area contributed by atoms with Crippen molar-refractivity contribution in [3.8, 4) is 0 Å². The first kappa shape index (κ1) is 15.0. The van der Waals surface area contributed by atoms with Crippen LogP contribution in [0.25, 0.3) is 0 Å². The minimum atomic E-state index is 0.0824. The van der Waals surface area contributed by atoms with E-state index in [0.29, 0.717) is 0 Å². The lowest BCUT2D eigenvalue weighted by Crippen LogP contribution is -2.43. The first-order valence-electron chi connectivity index (χ1n) is 7.59. The zero-order chi connectivity index (χ0) is 14.4. The van der Waals surface area contributed by atoms with Crippen LogP contribution in [0.15, 0.2) is 30.3 Å². The van der Waals surface area contributed by atoms with Gasteiger partial charge in [-0.05, 0) is 36.8 Å². The van der Waals surface area contributed by atoms with Gasteiger partial charge in [-0.3, -0.25) is 4.79 Å². The van der Waals surface area contributed by atoms with Gasteiger partial charge in [0.1, 0.15) is 0 Å². The van der Waals surface area contributed by atoms with Crippen LogP contribution >= 0.6 is 0 Å². The van der Waals surface area contributed by atoms with Crippen LogP contribution < -0.4 is 10.6 Å². The molecule has 0 radical (unpaired) electrons. The van der Waals surface area contributed by atoms with Crippen LogP contribution in [0.3, 0.4) is 0 Å². The minimum absolute atomic E-state index is 0.0824. The second kappa shape index (κ2) is 6.89. The van der Waals surface area contributed by atoms with E-state index in [4.69, 9.17) is 0 Å². The van der Waals surface area contributed by atoms with Crippen molar-refractivity contribution in [2.24, 2.45) is 11.3 Å². The second-order valence-electron chi connectivity index (χ2n) is 6.59. The standard InChI is InChI=1S/C17H26N2O/c1-17(2,11-14-7-4-3-5-8-14)13-19-16(20)15-9-6-10-18-12-15/h3-5,7-8,15,18H,6,9-13H2,1-2H3,(H,19,20). The number of amides is 1. The Bertz CT molecular complexity index is 422. The van der Waals surface area contributed by atoms with E-state index in [1.165, 1.54) is 5.56 Å². The third-order valence-electron chi connectivity index (χ3n) is 3.93. The van der Waals surface area contributed by atoms with Crippen LogP contribution in [0.5, 0.6) is 0 Å². The number of carbonyl (C=O) groups is 1. The zero-order valence-electron chi connectivity index (χ0n) is 12.6. The maximum absolute atomic E-state index is 12.1. The molecule has 20 heavy (non-hydrogen) atoms. The molecule has 1 aromatic carbocycles. The summed E-state index contributed by atoms with van der Waals surface area (Å²) < 4.78 is 0. The normalized spacial score (nSPS) is 19.6. The molecule has 1 unspecified atom stereocenters. The van der Waals surface area contributed by atoms with E-state index >= 15 is 0 Å². The highest BCUT2D eigenvalue weighted by Gasteiger charge is 2.24. The molecule has 1 aliphatic heterocycles. The highest BCUT2D eigenvalue weighted by Crippen LogP contribution is 2.21. The molecular formula is C17H26N2O. The maximum Gasteiger partial charge on any atom is 0.224 e. The molecule has 1 aliphatic rings. The molecular weight excluding hydrogens is 248 g/mol. The van der Waals surface area contributed by atoms with E-state index in [1.54, 1.807) is 0 Å². The van der Waals surface area contributed by atoms with Gasteiger partial charge in [0.2, 0.25) is 5.91 Å². The molecule has 0 aromatic heterocycles. The Labute approximate surface area is 122 Å². The van der Waals surface area contributed by atoms with Gasteiger partial charge >= 0.3 is 0 Å². The van der Waals surface area contributed by atoms with Crippen molar-refractivity contribution in [1.29, 1.82) is 0 Å². The number of hydrogen-bond donors (Lipinski definition) is 2. The van der Waals surface area contributed by atoms with Gasteiger partial charge in [0, 0.05) is 13.1 Å². The molecule has 110 valence electrons. The van der Waals surface area contributed by atoms with Crippen molar-refractivity contribution in [3.63, 3.8) is 0 Å². The predicted octanol–water partition coefficient (Wildman–Crippen LogP) is 2.37. The summed E-state index contributed by atoms with van der Waals surface area (Å²) in [4.78, 5) is 12.1. The monoisotopic (exact) mass is 274 g/mol. The molecule has 0 bridgehead atoms. The fraction of sp³-hybridized carbons (Fsp3) is 0.588. The molecule has 3 heteroatoms. The summed E-state index contributed by atoms with van der Waals surface area (Å²) in [6.45, 7) is 7.02. The van der Waals surface area contributed by atoms with Crippen LogP contribution in [0, 0.1) is 11.3 Å². The van der Waals surface area contributed by atoms with E-state index in [9.17, 15) is 4.79 Å². The Kier molecular flexibility index (Phi) is 5.18. The molecule has 1 saturated heterocycles. The minimum Gasteiger partial charge on any atom is -0.355 e. The van der Waals surface area contributed by atoms with E-state index in [2.05, 4.69) is 48.7 Å². The van der Waals surface area contributed by atoms with Gasteiger partial charge in [-0.25, -0.2) is 0 Å². The van der Waals surface area contributed by atoms with Gasteiger partial charge < -0.3 is 10.6 Å². The Morgan fingerprint density at radius 1 is 1.35 bits per heavy atom. The highest BCUT2D eigenvalue weighted by atomic mass is 16.1. The third-order valence-corrected chi connectivity index (χ3v) is 3.93. The fourth-order valence-corrected chi connectivity index (χ4v) is 2.76. The maximum atomic E-state index is 12.1. The molecule has 1 fully saturated rings. The van der Waals surface area contributed by atoms with Crippen LogP contribution in [0.4, 0.5) is 0 Å². The summed E-state index contributed by atoms with van der Waals surface area (Å²) in [6.07, 6.45) is 3.10. The second-order valence-corrected chi connectivity index (χ2v) is 6.59. The van der Waals surface area contributed by atoms with Gasteiger partial charge in [0.05, 0.1) is 5.92 Å². The van der Waals surface area contributed by atoms with Gasteiger partial charge in [-0.1, -0.05) is 44.2 Å². The molecule has 1 aromatic rings. The third kappa shape index (κ3) is 4.64. The molecule has 1 heterocycles. The number of nitrogens with one attached hydrogen (secondary N) is 2. The van der Waals surface area contributed by atoms with Gasteiger partial charge in [0.15, 0.2) is 0 Å². The highest BCUT2D eigenvalue weighted by molar-refractivity contribution is 5.79. The van der Waals surface area contributed by atoms with Crippen molar-refractivity contribution in [2.45, 2.75) is 33.1 Å². The summed E-state index contributed by atoms with van der Waals surface area (Å²) in [5.74, 6) is 0.356. The molecule has 0 saturated carbocycles. The first-order valence-corrected chi connectivity index (χ1v) is 7.59. The average molecular weight is 274 g/mol. The molecule has 2 rings (SSSR count). The van der Waals surface area contributed by atoms with Crippen LogP contribution in [0.1, 0.15) is 32.3 Å². The average Bonchev–Trinajstić information content (AvgIpc) is 2.46. The summed E-state index contributed by atoms with van der Waals surface area (Å²) >= 11 is 0. The lowest BCUT2D eigenvalue weighted by Gasteiger charge is -2.28. The number of benzene rings is 1. The van der Waals surface area contributed by atoms with E-state index < -0.39 is 0 Å². The first-order chi connectivity index (χ1) is 9.57. The number of hydrogen-bond acceptors (Lipinski definition) is 2. The topological polar surface area (TPSA) is 41.1 Å². The van der Waals surface area contributed by atoms with Gasteiger partial charge in [-0.2, -0.15) is 0 Å². The molecule has 3 nitrogen and oxygen atoms in total. The lowest BCUT2D eigenvalue weighted by molar-refractivity contribution is -0.125. The zero-order valence-corrected chi connectivity index (χ0v) is 12.6. The largest absolute Gasteiger partial charge is 0.355 e. The number of rotatable bonds is 5. The smallest absolute Gasteiger partial charge is 0.224 e. The van der Waals surface area contributed by atoms with Crippen molar-refractivity contribution in [3.05, 3.63) is 35.9 Å². The Morgan fingerprint density at radius 3 is 2.75 bits per heavy atom. The Balaban J connectivity index is 1.80. The Hall–Kier alpha value is -1.35. The van der Waals surface area contributed by atoms with E-state index in [0.717, 1.165) is 38.9 Å². The predicted molar refractivity (Wildman–Crippen MR) is 82.5 cm³/mol. The molecule has 0 aliphatic carbocycles. The summed E-state index contributed by atoms with van der Waals surface area (Å²) in [6, 6.07) is 10.5. The van der Waals surface area contributed by atoms with Crippen LogP contribution in [-0.2, 0) is 11.2 Å². The number of carbonyl (C=O) groups excluding carboxylic acids is 1. The van der Waals surface area contributed by atoms with Crippen LogP contribution in [-0.4, -0.2) is 25.5 Å².